The maximum atomic E-state index is 3.97. The van der Waals surface area contributed by atoms with Crippen LogP contribution < -0.4 is 10.4 Å². The topological polar surface area (TPSA) is 0 Å². The highest BCUT2D eigenvalue weighted by Gasteiger charge is 1.85. The lowest BCUT2D eigenvalue weighted by atomic mass is 10.1. The molecule has 1 aromatic carbocycles. The van der Waals surface area contributed by atoms with Crippen molar-refractivity contribution in [3.8, 4) is 0 Å². The molecule has 0 aromatic heterocycles. The van der Waals surface area contributed by atoms with Crippen molar-refractivity contribution in [1.82, 2.24) is 0 Å². The highest BCUT2D eigenvalue weighted by molar-refractivity contribution is 5.40. The lowest BCUT2D eigenvalue weighted by Crippen LogP contribution is -2.24. The third-order valence-electron chi connectivity index (χ3n) is 1.87. The molecule has 0 amide bonds. The van der Waals surface area contributed by atoms with Crippen molar-refractivity contribution in [3.05, 3.63) is 46.4 Å². The van der Waals surface area contributed by atoms with Crippen LogP contribution in [0.3, 0.4) is 0 Å². The quantitative estimate of drug-likeness (QED) is 0.584. The van der Waals surface area contributed by atoms with E-state index in [1.807, 2.05) is 31.2 Å². The van der Waals surface area contributed by atoms with Crippen molar-refractivity contribution >= 4 is 12.7 Å². The fourth-order valence-electron chi connectivity index (χ4n) is 1.17. The molecule has 0 unspecified atom stereocenters. The lowest BCUT2D eigenvalue weighted by molar-refractivity contribution is 1.37. The largest absolute Gasteiger partial charge is 0.0912 e. The Morgan fingerprint density at radius 2 is 2.08 bits per heavy atom. The van der Waals surface area contributed by atoms with E-state index in [0.717, 1.165) is 5.22 Å². The molecule has 0 aliphatic rings. The summed E-state index contributed by atoms with van der Waals surface area (Å²) in [7, 11) is 0. The maximum absolute atomic E-state index is 3.97. The van der Waals surface area contributed by atoms with Crippen molar-refractivity contribution < 1.29 is 0 Å². The van der Waals surface area contributed by atoms with Gasteiger partial charge in [-0.05, 0) is 29.8 Å². The van der Waals surface area contributed by atoms with Crippen molar-refractivity contribution in [2.75, 3.05) is 0 Å². The normalized spacial score (nSPS) is 12.7. The van der Waals surface area contributed by atoms with E-state index in [1.54, 1.807) is 0 Å². The summed E-state index contributed by atoms with van der Waals surface area (Å²) in [6.45, 7) is 8.08. The number of rotatable bonds is 1. The van der Waals surface area contributed by atoms with Gasteiger partial charge in [-0.3, -0.25) is 0 Å². The molecule has 0 saturated carbocycles. The molecule has 0 aliphatic heterocycles. The molecule has 0 bridgehead atoms. The van der Waals surface area contributed by atoms with Crippen LogP contribution in [0.1, 0.15) is 12.5 Å². The van der Waals surface area contributed by atoms with Gasteiger partial charge in [0.05, 0.1) is 0 Å². The monoisotopic (exact) mass is 158 g/mol. The number of benzene rings is 1. The second kappa shape index (κ2) is 3.91. The first-order valence-electron chi connectivity index (χ1n) is 4.13. The number of aryl methyl sites for hydroxylation is 1. The molecule has 0 aliphatic carbocycles. The fraction of sp³-hybridized carbons (Fsp3) is 0.167. The number of allylic oxidation sites excluding steroid dienone is 2. The maximum Gasteiger partial charge on any atom is -0.0161 e. The molecule has 0 nitrogen and oxygen atoms in total. The van der Waals surface area contributed by atoms with Gasteiger partial charge in [-0.2, -0.15) is 0 Å². The summed E-state index contributed by atoms with van der Waals surface area (Å²) in [6, 6.07) is 6.16. The Morgan fingerprint density at radius 3 is 2.67 bits per heavy atom. The van der Waals surface area contributed by atoms with Crippen LogP contribution in [0, 0.1) is 6.92 Å². The summed E-state index contributed by atoms with van der Waals surface area (Å²) >= 11 is 0. The molecular weight excluding hydrogens is 144 g/mol. The SMILES string of the molecule is C=c1cccc(C)/c1=C/C=C\C. The lowest BCUT2D eigenvalue weighted by Gasteiger charge is -1.92. The smallest absolute Gasteiger partial charge is 0.0161 e. The van der Waals surface area contributed by atoms with E-state index in [0.29, 0.717) is 0 Å². The van der Waals surface area contributed by atoms with Crippen LogP contribution in [0.5, 0.6) is 0 Å². The van der Waals surface area contributed by atoms with Crippen LogP contribution in [0.25, 0.3) is 12.7 Å². The van der Waals surface area contributed by atoms with Gasteiger partial charge in [0.25, 0.3) is 0 Å². The third kappa shape index (κ3) is 1.85. The van der Waals surface area contributed by atoms with Crippen molar-refractivity contribution in [3.63, 3.8) is 0 Å². The van der Waals surface area contributed by atoms with Gasteiger partial charge in [0.15, 0.2) is 0 Å². The minimum absolute atomic E-state index is 1.09. The summed E-state index contributed by atoms with van der Waals surface area (Å²) in [6.07, 6.45) is 6.15. The van der Waals surface area contributed by atoms with E-state index in [4.69, 9.17) is 0 Å². The van der Waals surface area contributed by atoms with Crippen LogP contribution in [0.15, 0.2) is 30.4 Å². The average Bonchev–Trinajstić information content (AvgIpc) is 2.04. The van der Waals surface area contributed by atoms with E-state index in [2.05, 4.69) is 25.6 Å². The molecule has 1 rings (SSSR count). The molecule has 0 radical (unpaired) electrons. The first kappa shape index (κ1) is 8.79. The average molecular weight is 158 g/mol. The van der Waals surface area contributed by atoms with Crippen molar-refractivity contribution in [2.24, 2.45) is 0 Å². The van der Waals surface area contributed by atoms with Gasteiger partial charge in [0.2, 0.25) is 0 Å². The number of hydrogen-bond acceptors (Lipinski definition) is 0. The first-order valence-corrected chi connectivity index (χ1v) is 4.13. The Hall–Kier alpha value is -1.30. The second-order valence-corrected chi connectivity index (χ2v) is 2.84. The summed E-state index contributed by atoms with van der Waals surface area (Å²) in [5, 5.41) is 2.32. The van der Waals surface area contributed by atoms with E-state index in [-0.39, 0.29) is 0 Å². The van der Waals surface area contributed by atoms with E-state index in [1.165, 1.54) is 10.8 Å². The zero-order valence-electron chi connectivity index (χ0n) is 7.67. The Bertz CT molecular complexity index is 383. The molecular formula is C12H14. The van der Waals surface area contributed by atoms with Crippen LogP contribution in [0.4, 0.5) is 0 Å². The van der Waals surface area contributed by atoms with E-state index >= 15 is 0 Å². The predicted molar refractivity (Wildman–Crippen MR) is 55.2 cm³/mol. The Balaban J connectivity index is 3.41. The molecule has 12 heavy (non-hydrogen) atoms. The van der Waals surface area contributed by atoms with Crippen molar-refractivity contribution in [2.45, 2.75) is 13.8 Å². The minimum Gasteiger partial charge on any atom is -0.0912 e. The summed E-state index contributed by atoms with van der Waals surface area (Å²) in [5.74, 6) is 0. The van der Waals surface area contributed by atoms with Gasteiger partial charge in [0.1, 0.15) is 0 Å². The highest BCUT2D eigenvalue weighted by atomic mass is 13.9. The Labute approximate surface area is 73.6 Å². The van der Waals surface area contributed by atoms with Gasteiger partial charge in [-0.25, -0.2) is 0 Å². The molecule has 0 spiro atoms. The van der Waals surface area contributed by atoms with Gasteiger partial charge in [-0.1, -0.05) is 43.0 Å². The van der Waals surface area contributed by atoms with Crippen molar-refractivity contribution in [1.29, 1.82) is 0 Å². The second-order valence-electron chi connectivity index (χ2n) is 2.84. The number of hydrogen-bond donors (Lipinski definition) is 0. The van der Waals surface area contributed by atoms with Gasteiger partial charge >= 0.3 is 0 Å². The zero-order valence-corrected chi connectivity index (χ0v) is 7.67. The van der Waals surface area contributed by atoms with Crippen LogP contribution in [-0.2, 0) is 0 Å². The predicted octanol–water partition coefficient (Wildman–Crippen LogP) is 1.76. The molecule has 0 N–H and O–H groups in total. The summed E-state index contributed by atoms with van der Waals surface area (Å²) < 4.78 is 0. The van der Waals surface area contributed by atoms with Gasteiger partial charge in [0, 0.05) is 0 Å². The van der Waals surface area contributed by atoms with Gasteiger partial charge in [-0.15, -0.1) is 0 Å². The zero-order chi connectivity index (χ0) is 8.97. The van der Waals surface area contributed by atoms with Crippen LogP contribution in [-0.4, -0.2) is 0 Å². The minimum atomic E-state index is 1.09. The highest BCUT2D eigenvalue weighted by Crippen LogP contribution is 1.83. The molecule has 0 heteroatoms. The molecule has 62 valence electrons. The molecule has 0 saturated heterocycles. The Morgan fingerprint density at radius 1 is 1.33 bits per heavy atom. The van der Waals surface area contributed by atoms with E-state index < -0.39 is 0 Å². The standard InChI is InChI=1S/C12H14/c1-4-5-9-12-10(2)7-6-8-11(12)3/h4-9H,2H2,1,3H3/b5-4-,12-9+. The van der Waals surface area contributed by atoms with E-state index in [9.17, 15) is 0 Å². The molecule has 1 aromatic rings. The third-order valence-corrected chi connectivity index (χ3v) is 1.87. The van der Waals surface area contributed by atoms with Gasteiger partial charge < -0.3 is 0 Å². The molecule has 0 fully saturated rings. The van der Waals surface area contributed by atoms with Crippen LogP contribution >= 0.6 is 0 Å². The van der Waals surface area contributed by atoms with Crippen LogP contribution in [0.2, 0.25) is 0 Å². The Kier molecular flexibility index (Phi) is 2.87. The summed E-state index contributed by atoms with van der Waals surface area (Å²) in [4.78, 5) is 0. The molecule has 0 atom stereocenters. The molecule has 0 heterocycles. The summed E-state index contributed by atoms with van der Waals surface area (Å²) in [5.41, 5.74) is 1.28. The first-order chi connectivity index (χ1) is 5.75. The fourth-order valence-corrected chi connectivity index (χ4v) is 1.17.